The van der Waals surface area contributed by atoms with Crippen molar-refractivity contribution in [2.75, 3.05) is 25.0 Å². The van der Waals surface area contributed by atoms with Crippen LogP contribution in [0.5, 0.6) is 0 Å². The molecule has 1 unspecified atom stereocenters. The maximum absolute atomic E-state index is 14.1. The number of hydrogen-bond acceptors (Lipinski definition) is 8. The predicted octanol–water partition coefficient (Wildman–Crippen LogP) is 5.40. The maximum atomic E-state index is 14.1. The molecule has 4 aromatic rings. The first-order chi connectivity index (χ1) is 27.2. The molecule has 1 aromatic heterocycles. The van der Waals surface area contributed by atoms with E-state index in [1.807, 2.05) is 43.3 Å². The first kappa shape index (κ1) is 41.2. The number of aliphatic hydroxyl groups excluding tert-OH is 1. The summed E-state index contributed by atoms with van der Waals surface area (Å²) in [6.45, 7) is 3.03. The van der Waals surface area contributed by atoms with E-state index in [-0.39, 0.29) is 48.2 Å². The molecule has 0 bridgehead atoms. The number of anilines is 1. The number of benzene rings is 3. The normalized spacial score (nSPS) is 19.2. The Bertz CT molecular complexity index is 2070. The van der Waals surface area contributed by atoms with Gasteiger partial charge in [0.2, 0.25) is 17.6 Å². The Labute approximate surface area is 326 Å². The monoisotopic (exact) mass is 791 g/mol. The number of nitrogens with zero attached hydrogens (tertiary/aromatic N) is 3. The molecule has 6 N–H and O–H groups in total. The molecule has 2 aliphatic rings. The van der Waals surface area contributed by atoms with Crippen molar-refractivity contribution in [3.8, 4) is 22.5 Å². The van der Waals surface area contributed by atoms with Gasteiger partial charge in [-0.2, -0.15) is 22.7 Å². The SMILES string of the molecule is Cc1cc(C(=O)N2CCCC2CO)ccc1-c1ccc(C[C@H](NC(=O)C2CCC(CN)CC2)C(=O)Nc2ccc(-c3n[nH]c(C(F)(F)C(F)(F)C=O)n3)cc2)cc1. The van der Waals surface area contributed by atoms with Crippen molar-refractivity contribution < 1.29 is 41.8 Å². The molecular weight excluding hydrogens is 746 g/mol. The second kappa shape index (κ2) is 17.3. The number of H-pyrrole nitrogens is 1. The van der Waals surface area contributed by atoms with Gasteiger partial charge in [0.1, 0.15) is 6.04 Å². The second-order valence-corrected chi connectivity index (χ2v) is 14.8. The molecule has 0 radical (unpaired) electrons. The highest BCUT2D eigenvalue weighted by Gasteiger charge is 2.60. The number of aliphatic hydroxyl groups is 1. The maximum Gasteiger partial charge on any atom is 0.375 e. The highest BCUT2D eigenvalue weighted by molar-refractivity contribution is 5.98. The fraction of sp³-hybridized carbons (Fsp3) is 0.415. The Morgan fingerprint density at radius 2 is 1.67 bits per heavy atom. The number of halogens is 4. The first-order valence-corrected chi connectivity index (χ1v) is 18.9. The topological polar surface area (TPSA) is 183 Å². The Balaban J connectivity index is 1.16. The van der Waals surface area contributed by atoms with Crippen LogP contribution in [0.15, 0.2) is 66.7 Å². The molecule has 16 heteroatoms. The van der Waals surface area contributed by atoms with E-state index in [1.165, 1.54) is 24.3 Å². The van der Waals surface area contributed by atoms with Crippen molar-refractivity contribution in [2.45, 2.75) is 75.8 Å². The summed E-state index contributed by atoms with van der Waals surface area (Å²) in [6, 6.07) is 17.6. The Morgan fingerprint density at radius 3 is 2.30 bits per heavy atom. The molecule has 302 valence electrons. The molecule has 2 heterocycles. The number of hydrogen-bond donors (Lipinski definition) is 5. The summed E-state index contributed by atoms with van der Waals surface area (Å²) >= 11 is 0. The lowest BCUT2D eigenvalue weighted by Crippen LogP contribution is -2.48. The van der Waals surface area contributed by atoms with Gasteiger partial charge in [0, 0.05) is 35.7 Å². The first-order valence-electron chi connectivity index (χ1n) is 18.9. The number of aromatic nitrogens is 3. The van der Waals surface area contributed by atoms with Gasteiger partial charge >= 0.3 is 11.8 Å². The third-order valence-electron chi connectivity index (χ3n) is 11.0. The number of rotatable bonds is 14. The molecule has 3 aromatic carbocycles. The minimum Gasteiger partial charge on any atom is -0.394 e. The van der Waals surface area contributed by atoms with E-state index in [0.717, 1.165) is 47.9 Å². The molecule has 1 aliphatic heterocycles. The number of alkyl halides is 4. The van der Waals surface area contributed by atoms with Crippen LogP contribution in [0.3, 0.4) is 0 Å². The summed E-state index contributed by atoms with van der Waals surface area (Å²) < 4.78 is 55.3. The van der Waals surface area contributed by atoms with Crippen LogP contribution in [0.1, 0.15) is 65.8 Å². The average Bonchev–Trinajstić information content (AvgIpc) is 3.92. The van der Waals surface area contributed by atoms with Crippen molar-refractivity contribution in [3.05, 3.63) is 89.2 Å². The average molecular weight is 792 g/mol. The zero-order valence-electron chi connectivity index (χ0n) is 31.3. The molecule has 1 aliphatic carbocycles. The van der Waals surface area contributed by atoms with E-state index < -0.39 is 35.9 Å². The zero-order chi connectivity index (χ0) is 40.9. The number of likely N-dealkylation sites (tertiary alicyclic amines) is 1. The molecule has 2 fully saturated rings. The molecule has 57 heavy (non-hydrogen) atoms. The third kappa shape index (κ3) is 9.07. The fourth-order valence-corrected chi connectivity index (χ4v) is 7.49. The smallest absolute Gasteiger partial charge is 0.375 e. The quantitative estimate of drug-likeness (QED) is 0.0831. The van der Waals surface area contributed by atoms with Crippen LogP contribution >= 0.6 is 0 Å². The molecular formula is C41H45F4N7O5. The Morgan fingerprint density at radius 1 is 0.982 bits per heavy atom. The standard InChI is InChI=1S/C41H45F4N7O5/c1-24-19-30(38(57)52-18-2-3-32(52)22-53)14-17-33(24)27-8-4-25(5-9-27)20-34(48-36(55)29-10-6-26(21-46)7-11-29)37(56)47-31-15-12-28(13-16-31)35-49-39(51-50-35)41(44,45)40(42,43)23-54/h4-5,8-9,12-17,19,23,26,29,32,34,53H,2-3,6-7,10-11,18,20-22,46H2,1H3,(H,47,56)(H,48,55)(H,49,50,51)/t26?,29?,32?,34-/m0/s1. The Kier molecular flexibility index (Phi) is 12.5. The number of aldehydes is 1. The van der Waals surface area contributed by atoms with Crippen LogP contribution in [0.2, 0.25) is 0 Å². The van der Waals surface area contributed by atoms with Crippen LogP contribution in [0, 0.1) is 18.8 Å². The fourth-order valence-electron chi connectivity index (χ4n) is 7.49. The van der Waals surface area contributed by atoms with Gasteiger partial charge in [0.05, 0.1) is 12.6 Å². The number of aromatic amines is 1. The van der Waals surface area contributed by atoms with E-state index in [4.69, 9.17) is 5.73 Å². The summed E-state index contributed by atoms with van der Waals surface area (Å²) in [5.41, 5.74) is 10.3. The largest absolute Gasteiger partial charge is 0.394 e. The van der Waals surface area contributed by atoms with Gasteiger partial charge in [-0.15, -0.1) is 0 Å². The number of carbonyl (C=O) groups excluding carboxylic acids is 4. The number of nitrogens with one attached hydrogen (secondary N) is 3. The van der Waals surface area contributed by atoms with Crippen LogP contribution < -0.4 is 16.4 Å². The molecule has 0 spiro atoms. The van der Waals surface area contributed by atoms with E-state index >= 15 is 0 Å². The summed E-state index contributed by atoms with van der Waals surface area (Å²) in [5.74, 6) is -12.5. The van der Waals surface area contributed by atoms with Gasteiger partial charge in [0.25, 0.3) is 5.91 Å². The summed E-state index contributed by atoms with van der Waals surface area (Å²) in [4.78, 5) is 56.2. The lowest BCUT2D eigenvalue weighted by molar-refractivity contribution is -0.206. The number of carbonyl (C=O) groups is 4. The number of amides is 3. The molecule has 1 saturated heterocycles. The molecule has 2 atom stereocenters. The van der Waals surface area contributed by atoms with Crippen LogP contribution in [0.4, 0.5) is 23.2 Å². The van der Waals surface area contributed by atoms with Gasteiger partial charge in [-0.3, -0.25) is 24.3 Å². The zero-order valence-corrected chi connectivity index (χ0v) is 31.3. The molecule has 12 nitrogen and oxygen atoms in total. The van der Waals surface area contributed by atoms with Gasteiger partial charge in [-0.05, 0) is 117 Å². The molecule has 6 rings (SSSR count). The van der Waals surface area contributed by atoms with Crippen LogP contribution in [-0.4, -0.2) is 86.9 Å². The van der Waals surface area contributed by atoms with Crippen molar-refractivity contribution in [3.63, 3.8) is 0 Å². The van der Waals surface area contributed by atoms with Gasteiger partial charge in [0.15, 0.2) is 12.1 Å². The highest BCUT2D eigenvalue weighted by Crippen LogP contribution is 2.40. The highest BCUT2D eigenvalue weighted by atomic mass is 19.3. The van der Waals surface area contributed by atoms with Crippen LogP contribution in [0.25, 0.3) is 22.5 Å². The van der Waals surface area contributed by atoms with Gasteiger partial charge in [-0.25, -0.2) is 4.98 Å². The summed E-state index contributed by atoms with van der Waals surface area (Å²) in [5, 5.41) is 20.8. The number of nitrogens with two attached hydrogens (primary N) is 1. The van der Waals surface area contributed by atoms with E-state index in [1.54, 1.807) is 16.1 Å². The Hall–Kier alpha value is -5.48. The second-order valence-electron chi connectivity index (χ2n) is 14.8. The minimum atomic E-state index is -5.00. The van der Waals surface area contributed by atoms with Crippen LogP contribution in [-0.2, 0) is 26.7 Å². The third-order valence-corrected chi connectivity index (χ3v) is 11.0. The van der Waals surface area contributed by atoms with E-state index in [9.17, 15) is 41.8 Å². The molecule has 3 amide bonds. The van der Waals surface area contributed by atoms with Crippen molar-refractivity contribution in [2.24, 2.45) is 17.6 Å². The summed E-state index contributed by atoms with van der Waals surface area (Å²) in [6.07, 6.45) is 3.59. The van der Waals surface area contributed by atoms with Crippen molar-refractivity contribution in [1.82, 2.24) is 25.4 Å². The minimum absolute atomic E-state index is 0.0659. The van der Waals surface area contributed by atoms with E-state index in [2.05, 4.69) is 20.7 Å². The van der Waals surface area contributed by atoms with Crippen molar-refractivity contribution >= 4 is 29.7 Å². The number of aryl methyl sites for hydroxylation is 1. The van der Waals surface area contributed by atoms with Gasteiger partial charge in [-0.1, -0.05) is 30.3 Å². The van der Waals surface area contributed by atoms with Gasteiger partial charge < -0.3 is 26.4 Å². The van der Waals surface area contributed by atoms with E-state index in [0.29, 0.717) is 43.1 Å². The predicted molar refractivity (Wildman–Crippen MR) is 203 cm³/mol. The lowest BCUT2D eigenvalue weighted by Gasteiger charge is -2.28. The molecule has 1 saturated carbocycles. The van der Waals surface area contributed by atoms with Crippen molar-refractivity contribution in [1.29, 1.82) is 0 Å². The summed E-state index contributed by atoms with van der Waals surface area (Å²) in [7, 11) is 0. The lowest BCUT2D eigenvalue weighted by atomic mass is 9.81.